The summed E-state index contributed by atoms with van der Waals surface area (Å²) in [5.41, 5.74) is 0.296. The van der Waals surface area contributed by atoms with E-state index in [0.717, 1.165) is 38.7 Å². The minimum atomic E-state index is -4.52. The van der Waals surface area contributed by atoms with Gasteiger partial charge in [0, 0.05) is 32.1 Å². The van der Waals surface area contributed by atoms with Crippen molar-refractivity contribution in [2.45, 2.75) is 38.0 Å². The highest BCUT2D eigenvalue weighted by atomic mass is 19.4. The average Bonchev–Trinajstić information content (AvgIpc) is 2.66. The third-order valence-corrected chi connectivity index (χ3v) is 5.27. The smallest absolute Gasteiger partial charge is 0.311 e. The number of likely N-dealkylation sites (tertiary alicyclic amines) is 1. The second-order valence-corrected chi connectivity index (χ2v) is 7.73. The largest absolute Gasteiger partial charge is 0.433 e. The summed E-state index contributed by atoms with van der Waals surface area (Å²) in [4.78, 5) is 20.1. The second-order valence-electron chi connectivity index (χ2n) is 7.73. The molecule has 3 rings (SSSR count). The first kappa shape index (κ1) is 22.2. The first-order valence-corrected chi connectivity index (χ1v) is 10.1. The SMILES string of the molecule is CN(Cc1ccccc1)C1CN(CCCCC(=O)Nc2cccc(C(F)(F)F)n2)C1. The third-order valence-electron chi connectivity index (χ3n) is 5.27. The summed E-state index contributed by atoms with van der Waals surface area (Å²) in [6.07, 6.45) is -2.70. The van der Waals surface area contributed by atoms with E-state index in [-0.39, 0.29) is 18.1 Å². The van der Waals surface area contributed by atoms with E-state index in [1.54, 1.807) is 0 Å². The van der Waals surface area contributed by atoms with Gasteiger partial charge in [0.1, 0.15) is 11.5 Å². The molecule has 8 heteroatoms. The number of hydrogen-bond donors (Lipinski definition) is 1. The lowest BCUT2D eigenvalue weighted by Crippen LogP contribution is -2.58. The number of nitrogens with zero attached hydrogens (tertiary/aromatic N) is 3. The number of nitrogens with one attached hydrogen (secondary N) is 1. The van der Waals surface area contributed by atoms with Gasteiger partial charge in [0.05, 0.1) is 0 Å². The molecular weight excluding hydrogens is 393 g/mol. The summed E-state index contributed by atoms with van der Waals surface area (Å²) in [7, 11) is 2.14. The molecule has 0 atom stereocenters. The van der Waals surface area contributed by atoms with Gasteiger partial charge in [0.2, 0.25) is 5.91 Å². The maximum Gasteiger partial charge on any atom is 0.433 e. The fourth-order valence-corrected chi connectivity index (χ4v) is 3.49. The summed E-state index contributed by atoms with van der Waals surface area (Å²) in [5.74, 6) is -0.382. The van der Waals surface area contributed by atoms with Crippen LogP contribution in [0.25, 0.3) is 0 Å². The Morgan fingerprint density at radius 1 is 1.13 bits per heavy atom. The lowest BCUT2D eigenvalue weighted by molar-refractivity contribution is -0.141. The van der Waals surface area contributed by atoms with Crippen LogP contribution in [0.5, 0.6) is 0 Å². The Bertz CT molecular complexity index is 823. The number of rotatable bonds is 9. The molecule has 1 saturated heterocycles. The summed E-state index contributed by atoms with van der Waals surface area (Å²) < 4.78 is 38.0. The highest BCUT2D eigenvalue weighted by Crippen LogP contribution is 2.28. The molecular formula is C22H27F3N4O. The number of anilines is 1. The second kappa shape index (κ2) is 10.0. The van der Waals surface area contributed by atoms with E-state index in [9.17, 15) is 18.0 Å². The lowest BCUT2D eigenvalue weighted by Gasteiger charge is -2.44. The van der Waals surface area contributed by atoms with E-state index in [1.165, 1.54) is 17.7 Å². The zero-order chi connectivity index (χ0) is 21.6. The summed E-state index contributed by atoms with van der Waals surface area (Å²) in [6, 6.07) is 14.4. The Morgan fingerprint density at radius 2 is 1.87 bits per heavy atom. The van der Waals surface area contributed by atoms with Crippen molar-refractivity contribution in [3.8, 4) is 0 Å². The molecule has 30 heavy (non-hydrogen) atoms. The summed E-state index contributed by atoms with van der Waals surface area (Å²) in [6.45, 7) is 3.89. The van der Waals surface area contributed by atoms with Gasteiger partial charge in [-0.2, -0.15) is 13.2 Å². The Hall–Kier alpha value is -2.45. The van der Waals surface area contributed by atoms with Crippen LogP contribution in [0.15, 0.2) is 48.5 Å². The Balaban J connectivity index is 1.29. The number of carbonyl (C=O) groups excluding carboxylic acids is 1. The molecule has 0 saturated carbocycles. The fraction of sp³-hybridized carbons (Fsp3) is 0.455. The van der Waals surface area contributed by atoms with Gasteiger partial charge >= 0.3 is 6.18 Å². The molecule has 0 spiro atoms. The molecule has 1 aliphatic heterocycles. The van der Waals surface area contributed by atoms with E-state index in [1.807, 2.05) is 6.07 Å². The molecule has 2 heterocycles. The summed E-state index contributed by atoms with van der Waals surface area (Å²) >= 11 is 0. The number of halogens is 3. The van der Waals surface area contributed by atoms with E-state index < -0.39 is 11.9 Å². The van der Waals surface area contributed by atoms with Gasteiger partial charge in [-0.1, -0.05) is 36.4 Å². The van der Waals surface area contributed by atoms with Gasteiger partial charge in [-0.05, 0) is 44.1 Å². The maximum absolute atomic E-state index is 12.7. The van der Waals surface area contributed by atoms with Crippen LogP contribution < -0.4 is 5.32 Å². The van der Waals surface area contributed by atoms with Crippen LogP contribution in [-0.4, -0.2) is 53.4 Å². The molecule has 162 valence electrons. The van der Waals surface area contributed by atoms with Crippen molar-refractivity contribution < 1.29 is 18.0 Å². The average molecular weight is 420 g/mol. The number of pyridine rings is 1. The maximum atomic E-state index is 12.7. The van der Waals surface area contributed by atoms with Crippen LogP contribution in [0.3, 0.4) is 0 Å². The quantitative estimate of drug-likeness (QED) is 0.623. The monoisotopic (exact) mass is 420 g/mol. The van der Waals surface area contributed by atoms with Crippen molar-refractivity contribution >= 4 is 11.7 Å². The lowest BCUT2D eigenvalue weighted by atomic mass is 10.1. The van der Waals surface area contributed by atoms with Crippen LogP contribution in [0.4, 0.5) is 19.0 Å². The molecule has 0 bridgehead atoms. The predicted molar refractivity (Wildman–Crippen MR) is 110 cm³/mol. The summed E-state index contributed by atoms with van der Waals surface area (Å²) in [5, 5.41) is 2.45. The number of benzene rings is 1. The van der Waals surface area contributed by atoms with Crippen LogP contribution in [-0.2, 0) is 17.5 Å². The molecule has 2 aromatic rings. The zero-order valence-corrected chi connectivity index (χ0v) is 17.0. The van der Waals surface area contributed by atoms with Crippen LogP contribution in [0.2, 0.25) is 0 Å². The van der Waals surface area contributed by atoms with Crippen molar-refractivity contribution in [2.75, 3.05) is 32.0 Å². The van der Waals surface area contributed by atoms with Crippen molar-refractivity contribution in [2.24, 2.45) is 0 Å². The molecule has 1 aromatic carbocycles. The van der Waals surface area contributed by atoms with E-state index in [4.69, 9.17) is 0 Å². The molecule has 1 N–H and O–H groups in total. The van der Waals surface area contributed by atoms with Crippen molar-refractivity contribution in [3.63, 3.8) is 0 Å². The minimum Gasteiger partial charge on any atom is -0.311 e. The Labute approximate surface area is 174 Å². The van der Waals surface area contributed by atoms with Crippen LogP contribution in [0, 0.1) is 0 Å². The number of amides is 1. The van der Waals surface area contributed by atoms with E-state index in [0.29, 0.717) is 12.5 Å². The predicted octanol–water partition coefficient (Wildman–Crippen LogP) is 4.03. The first-order valence-electron chi connectivity index (χ1n) is 10.1. The van der Waals surface area contributed by atoms with Crippen molar-refractivity contribution in [1.82, 2.24) is 14.8 Å². The number of alkyl halides is 3. The van der Waals surface area contributed by atoms with Gasteiger partial charge in [-0.25, -0.2) is 4.98 Å². The number of unbranched alkanes of at least 4 members (excludes halogenated alkanes) is 1. The highest BCUT2D eigenvalue weighted by molar-refractivity contribution is 5.89. The molecule has 1 aromatic heterocycles. The van der Waals surface area contributed by atoms with E-state index in [2.05, 4.69) is 51.4 Å². The minimum absolute atomic E-state index is 0.0677. The molecule has 1 aliphatic rings. The van der Waals surface area contributed by atoms with Gasteiger partial charge in [0.25, 0.3) is 0 Å². The molecule has 0 aliphatic carbocycles. The Kier molecular flexibility index (Phi) is 7.44. The number of hydrogen-bond acceptors (Lipinski definition) is 4. The van der Waals surface area contributed by atoms with E-state index >= 15 is 0 Å². The van der Waals surface area contributed by atoms with Gasteiger partial charge in [-0.15, -0.1) is 0 Å². The standard InChI is InChI=1S/C22H27F3N4O/c1-28(14-17-8-3-2-4-9-17)18-15-29(16-18)13-6-5-12-21(30)27-20-11-7-10-19(26-20)22(23,24)25/h2-4,7-11,18H,5-6,12-16H2,1H3,(H,26,27,30). The molecule has 0 radical (unpaired) electrons. The molecule has 1 amide bonds. The molecule has 0 unspecified atom stereocenters. The number of carbonyl (C=O) groups is 1. The third kappa shape index (κ3) is 6.53. The fourth-order valence-electron chi connectivity index (χ4n) is 3.49. The normalized spacial score (nSPS) is 15.2. The van der Waals surface area contributed by atoms with Crippen molar-refractivity contribution in [1.29, 1.82) is 0 Å². The number of likely N-dealkylation sites (N-methyl/N-ethyl adjacent to an activating group) is 1. The first-order chi connectivity index (χ1) is 14.3. The topological polar surface area (TPSA) is 48.5 Å². The van der Waals surface area contributed by atoms with Crippen molar-refractivity contribution in [3.05, 3.63) is 59.8 Å². The van der Waals surface area contributed by atoms with Gasteiger partial charge in [-0.3, -0.25) is 9.69 Å². The van der Waals surface area contributed by atoms with Gasteiger partial charge < -0.3 is 10.2 Å². The number of aromatic nitrogens is 1. The van der Waals surface area contributed by atoms with Crippen LogP contribution in [0.1, 0.15) is 30.5 Å². The zero-order valence-electron chi connectivity index (χ0n) is 17.0. The van der Waals surface area contributed by atoms with Crippen LogP contribution >= 0.6 is 0 Å². The Morgan fingerprint density at radius 3 is 2.57 bits per heavy atom. The highest BCUT2D eigenvalue weighted by Gasteiger charge is 2.32. The molecule has 1 fully saturated rings. The van der Waals surface area contributed by atoms with Gasteiger partial charge in [0.15, 0.2) is 0 Å². The molecule has 5 nitrogen and oxygen atoms in total.